The van der Waals surface area contributed by atoms with Crippen LogP contribution in [0.15, 0.2) is 60.7 Å². The van der Waals surface area contributed by atoms with Gasteiger partial charge in [-0.15, -0.1) is 0 Å². The summed E-state index contributed by atoms with van der Waals surface area (Å²) in [4.78, 5) is 27.6. The first-order valence-corrected chi connectivity index (χ1v) is 11.7. The molecule has 0 unspecified atom stereocenters. The van der Waals surface area contributed by atoms with Crippen LogP contribution < -0.4 is 10.1 Å². The topological polar surface area (TPSA) is 94.4 Å². The fraction of sp³-hybridized carbons (Fsp3) is 0.130. The van der Waals surface area contributed by atoms with Crippen molar-refractivity contribution in [3.63, 3.8) is 0 Å². The Morgan fingerprint density at radius 3 is 2.55 bits per heavy atom. The minimum atomic E-state index is -0.550. The molecule has 0 atom stereocenters. The highest BCUT2D eigenvalue weighted by Gasteiger charge is 2.21. The standard InChI is InChI=1S/C23H18FN3O4S2/c1-2-5-14-8-10-15(11-9-14)20-22(31-17-7-4-3-6-16(17)24)33-23(25-20)26-21(28)18-12-13-19(32-18)27(29)30/h3-4,6-13H,2,5H2,1H3,(H,25,26,28). The van der Waals surface area contributed by atoms with E-state index in [4.69, 9.17) is 4.74 Å². The van der Waals surface area contributed by atoms with Crippen molar-refractivity contribution in [1.82, 2.24) is 4.98 Å². The van der Waals surface area contributed by atoms with E-state index < -0.39 is 16.6 Å². The number of carbonyl (C=O) groups is 1. The van der Waals surface area contributed by atoms with Gasteiger partial charge in [-0.3, -0.25) is 20.2 Å². The predicted octanol–water partition coefficient (Wildman–Crippen LogP) is 6.92. The Morgan fingerprint density at radius 2 is 1.88 bits per heavy atom. The number of hydrogen-bond donors (Lipinski definition) is 1. The molecule has 2 aromatic carbocycles. The molecule has 0 bridgehead atoms. The normalized spacial score (nSPS) is 10.7. The summed E-state index contributed by atoms with van der Waals surface area (Å²) in [5.74, 6) is -1.01. The molecule has 2 heterocycles. The van der Waals surface area contributed by atoms with E-state index >= 15 is 0 Å². The number of nitrogens with zero attached hydrogens (tertiary/aromatic N) is 2. The number of anilines is 1. The number of halogens is 1. The molecule has 2 aromatic heterocycles. The molecule has 168 valence electrons. The zero-order valence-electron chi connectivity index (χ0n) is 17.4. The van der Waals surface area contributed by atoms with Crippen LogP contribution in [0.25, 0.3) is 11.3 Å². The molecule has 0 radical (unpaired) electrons. The van der Waals surface area contributed by atoms with Crippen LogP contribution in [0.2, 0.25) is 0 Å². The number of hydrogen-bond acceptors (Lipinski definition) is 7. The van der Waals surface area contributed by atoms with Gasteiger partial charge >= 0.3 is 5.00 Å². The summed E-state index contributed by atoms with van der Waals surface area (Å²) < 4.78 is 20.0. The first kappa shape index (κ1) is 22.6. The van der Waals surface area contributed by atoms with E-state index in [0.717, 1.165) is 41.1 Å². The molecule has 0 saturated heterocycles. The van der Waals surface area contributed by atoms with Gasteiger partial charge in [-0.25, -0.2) is 9.37 Å². The molecule has 1 N–H and O–H groups in total. The third-order valence-electron chi connectivity index (χ3n) is 4.62. The molecular formula is C23H18FN3O4S2. The number of nitro groups is 1. The van der Waals surface area contributed by atoms with Crippen molar-refractivity contribution >= 4 is 38.7 Å². The Kier molecular flexibility index (Phi) is 6.76. The van der Waals surface area contributed by atoms with Crippen LogP contribution in [0.4, 0.5) is 14.5 Å². The summed E-state index contributed by atoms with van der Waals surface area (Å²) in [7, 11) is 0. The van der Waals surface area contributed by atoms with Crippen LogP contribution >= 0.6 is 22.7 Å². The molecule has 0 fully saturated rings. The largest absolute Gasteiger partial charge is 0.441 e. The summed E-state index contributed by atoms with van der Waals surface area (Å²) >= 11 is 1.82. The number of thiazole rings is 1. The first-order valence-electron chi connectivity index (χ1n) is 10.0. The minimum Gasteiger partial charge on any atom is -0.441 e. The molecule has 33 heavy (non-hydrogen) atoms. The quantitative estimate of drug-likeness (QED) is 0.217. The van der Waals surface area contributed by atoms with Crippen LogP contribution in [-0.4, -0.2) is 15.8 Å². The van der Waals surface area contributed by atoms with Gasteiger partial charge in [0.2, 0.25) is 5.06 Å². The maximum Gasteiger partial charge on any atom is 0.324 e. The van der Waals surface area contributed by atoms with Crippen LogP contribution in [0.5, 0.6) is 10.8 Å². The van der Waals surface area contributed by atoms with Gasteiger partial charge in [0, 0.05) is 11.6 Å². The molecule has 4 rings (SSSR count). The number of benzene rings is 2. The lowest BCUT2D eigenvalue weighted by atomic mass is 10.1. The molecule has 0 spiro atoms. The van der Waals surface area contributed by atoms with Gasteiger partial charge in [0.15, 0.2) is 16.7 Å². The second-order valence-electron chi connectivity index (χ2n) is 6.98. The van der Waals surface area contributed by atoms with E-state index in [1.807, 2.05) is 24.3 Å². The summed E-state index contributed by atoms with van der Waals surface area (Å²) in [5.41, 5.74) is 2.39. The van der Waals surface area contributed by atoms with Crippen LogP contribution in [0.3, 0.4) is 0 Å². The molecule has 0 aliphatic heterocycles. The van der Waals surface area contributed by atoms with E-state index in [2.05, 4.69) is 17.2 Å². The van der Waals surface area contributed by atoms with Crippen molar-refractivity contribution in [1.29, 1.82) is 0 Å². The average molecular weight is 484 g/mol. The number of aromatic nitrogens is 1. The second kappa shape index (κ2) is 9.88. The fourth-order valence-corrected chi connectivity index (χ4v) is 4.63. The number of amides is 1. The van der Waals surface area contributed by atoms with Gasteiger partial charge in [-0.05, 0) is 30.2 Å². The van der Waals surface area contributed by atoms with Crippen molar-refractivity contribution in [2.45, 2.75) is 19.8 Å². The van der Waals surface area contributed by atoms with Crippen molar-refractivity contribution in [3.8, 4) is 22.1 Å². The number of nitrogens with one attached hydrogen (secondary N) is 1. The highest BCUT2D eigenvalue weighted by atomic mass is 32.1. The van der Waals surface area contributed by atoms with E-state index in [1.165, 1.54) is 29.8 Å². The highest BCUT2D eigenvalue weighted by molar-refractivity contribution is 7.19. The van der Waals surface area contributed by atoms with E-state index in [9.17, 15) is 19.3 Å². The Hall–Kier alpha value is -3.63. The number of thiophene rings is 1. The molecule has 0 saturated carbocycles. The minimum absolute atomic E-state index is 0.0387. The van der Waals surface area contributed by atoms with Crippen LogP contribution in [0, 0.1) is 15.9 Å². The van der Waals surface area contributed by atoms with Crippen LogP contribution in [-0.2, 0) is 6.42 Å². The zero-order valence-corrected chi connectivity index (χ0v) is 19.0. The molecule has 4 aromatic rings. The molecule has 10 heteroatoms. The molecule has 0 aliphatic carbocycles. The van der Waals surface area contributed by atoms with Gasteiger partial charge in [-0.2, -0.15) is 0 Å². The maximum absolute atomic E-state index is 14.2. The summed E-state index contributed by atoms with van der Waals surface area (Å²) in [5, 5.41) is 14.0. The van der Waals surface area contributed by atoms with Gasteiger partial charge in [-0.1, -0.05) is 72.4 Å². The van der Waals surface area contributed by atoms with Gasteiger partial charge < -0.3 is 4.74 Å². The molecule has 7 nitrogen and oxygen atoms in total. The molecule has 1 amide bonds. The number of ether oxygens (including phenoxy) is 1. The number of carbonyl (C=O) groups excluding carboxylic acids is 1. The summed E-state index contributed by atoms with van der Waals surface area (Å²) in [6.45, 7) is 2.10. The fourth-order valence-electron chi connectivity index (χ4n) is 3.06. The monoisotopic (exact) mass is 483 g/mol. The third kappa shape index (κ3) is 5.24. The Labute approximate surface area is 196 Å². The lowest BCUT2D eigenvalue weighted by Gasteiger charge is -2.07. The smallest absolute Gasteiger partial charge is 0.324 e. The van der Waals surface area contributed by atoms with Gasteiger partial charge in [0.1, 0.15) is 5.69 Å². The number of rotatable bonds is 8. The SMILES string of the molecule is CCCc1ccc(-c2nc(NC(=O)c3ccc([N+](=O)[O-])s3)sc2Oc2ccccc2F)cc1. The van der Waals surface area contributed by atoms with Crippen LogP contribution in [0.1, 0.15) is 28.6 Å². The maximum atomic E-state index is 14.2. The van der Waals surface area contributed by atoms with E-state index in [0.29, 0.717) is 10.8 Å². The van der Waals surface area contributed by atoms with Gasteiger partial charge in [0.25, 0.3) is 5.91 Å². The first-order chi connectivity index (χ1) is 15.9. The highest BCUT2D eigenvalue weighted by Crippen LogP contribution is 2.41. The van der Waals surface area contributed by atoms with Gasteiger partial charge in [0.05, 0.1) is 9.80 Å². The Bertz CT molecular complexity index is 1300. The third-order valence-corrected chi connectivity index (χ3v) is 6.50. The zero-order chi connectivity index (χ0) is 23.4. The van der Waals surface area contributed by atoms with Crippen molar-refractivity contribution in [2.24, 2.45) is 0 Å². The van der Waals surface area contributed by atoms with E-state index in [1.54, 1.807) is 12.1 Å². The lowest BCUT2D eigenvalue weighted by Crippen LogP contribution is -2.09. The van der Waals surface area contributed by atoms with Crippen molar-refractivity contribution in [2.75, 3.05) is 5.32 Å². The summed E-state index contributed by atoms with van der Waals surface area (Å²) in [6, 6.07) is 16.5. The van der Waals surface area contributed by atoms with Crippen molar-refractivity contribution < 1.29 is 18.8 Å². The lowest BCUT2D eigenvalue weighted by molar-refractivity contribution is -0.380. The number of para-hydroxylation sites is 1. The Morgan fingerprint density at radius 1 is 1.12 bits per heavy atom. The van der Waals surface area contributed by atoms with E-state index in [-0.39, 0.29) is 20.8 Å². The predicted molar refractivity (Wildman–Crippen MR) is 127 cm³/mol. The number of aryl methyl sites for hydroxylation is 1. The molecular weight excluding hydrogens is 465 g/mol. The average Bonchev–Trinajstić information content (AvgIpc) is 3.44. The Balaban J connectivity index is 1.65. The summed E-state index contributed by atoms with van der Waals surface area (Å²) in [6.07, 6.45) is 1.97. The second-order valence-corrected chi connectivity index (χ2v) is 9.01. The molecule has 0 aliphatic rings. The van der Waals surface area contributed by atoms with Crippen molar-refractivity contribution in [3.05, 3.63) is 87.0 Å².